The van der Waals surface area contributed by atoms with E-state index < -0.39 is 16.0 Å². The molecule has 0 spiro atoms. The number of anilines is 2. The van der Waals surface area contributed by atoms with Crippen LogP contribution in [0.1, 0.15) is 10.4 Å². The Bertz CT molecular complexity index is 738. The Balaban J connectivity index is 2.08. The minimum atomic E-state index is -3.34. The first kappa shape index (κ1) is 14.9. The second-order valence-electron chi connectivity index (χ2n) is 4.41. The summed E-state index contributed by atoms with van der Waals surface area (Å²) in [6.45, 7) is 0. The van der Waals surface area contributed by atoms with E-state index in [4.69, 9.17) is 10.5 Å². The Kier molecular flexibility index (Phi) is 4.13. The van der Waals surface area contributed by atoms with E-state index in [1.807, 2.05) is 0 Å². The maximum Gasteiger partial charge on any atom is 0.343 e. The number of ether oxygens (including phenoxy) is 1. The normalized spacial score (nSPS) is 10.9. The lowest BCUT2D eigenvalue weighted by Crippen LogP contribution is -2.11. The highest BCUT2D eigenvalue weighted by molar-refractivity contribution is 7.92. The van der Waals surface area contributed by atoms with Crippen LogP contribution in [0.3, 0.4) is 0 Å². The van der Waals surface area contributed by atoms with Crippen molar-refractivity contribution in [2.45, 2.75) is 0 Å². The van der Waals surface area contributed by atoms with Gasteiger partial charge in [0.05, 0.1) is 11.8 Å². The number of nitrogens with one attached hydrogen (secondary N) is 1. The fraction of sp³-hybridized carbons (Fsp3) is 0.0714. The number of rotatable bonds is 4. The molecule has 21 heavy (non-hydrogen) atoms. The number of carbonyl (C=O) groups is 1. The number of carbonyl (C=O) groups excluding carboxylic acids is 1. The van der Waals surface area contributed by atoms with Gasteiger partial charge in [0.1, 0.15) is 5.75 Å². The van der Waals surface area contributed by atoms with E-state index in [1.165, 1.54) is 24.3 Å². The van der Waals surface area contributed by atoms with Crippen LogP contribution in [0.25, 0.3) is 0 Å². The summed E-state index contributed by atoms with van der Waals surface area (Å²) in [5.41, 5.74) is 6.80. The van der Waals surface area contributed by atoms with Crippen LogP contribution < -0.4 is 15.2 Å². The molecule has 0 atom stereocenters. The summed E-state index contributed by atoms with van der Waals surface area (Å²) < 4.78 is 29.6. The molecule has 0 fully saturated rings. The van der Waals surface area contributed by atoms with Crippen LogP contribution >= 0.6 is 0 Å². The van der Waals surface area contributed by atoms with Gasteiger partial charge in [0, 0.05) is 11.4 Å². The number of nitrogens with two attached hydrogens (primary N) is 1. The molecule has 0 aliphatic carbocycles. The minimum Gasteiger partial charge on any atom is -0.423 e. The van der Waals surface area contributed by atoms with Gasteiger partial charge in [-0.25, -0.2) is 13.2 Å². The molecule has 0 amide bonds. The number of hydrogen-bond donors (Lipinski definition) is 2. The van der Waals surface area contributed by atoms with Gasteiger partial charge in [-0.15, -0.1) is 0 Å². The van der Waals surface area contributed by atoms with E-state index in [0.717, 1.165) is 6.26 Å². The second kappa shape index (κ2) is 5.84. The van der Waals surface area contributed by atoms with Gasteiger partial charge in [0.25, 0.3) is 0 Å². The molecule has 2 rings (SSSR count). The molecular formula is C14H14N2O4S. The number of nitrogen functional groups attached to an aromatic ring is 1. The molecule has 110 valence electrons. The standard InChI is InChI=1S/C14H14N2O4S/c1-21(18,19)16-12-6-2-10(3-7-12)14(17)20-13-8-4-11(15)5-9-13/h2-9,16H,15H2,1H3. The fourth-order valence-corrected chi connectivity index (χ4v) is 2.15. The predicted octanol–water partition coefficient (Wildman–Crippen LogP) is 1.86. The Hall–Kier alpha value is -2.54. The highest BCUT2D eigenvalue weighted by atomic mass is 32.2. The smallest absolute Gasteiger partial charge is 0.343 e. The molecule has 7 heteroatoms. The molecule has 0 saturated carbocycles. The van der Waals surface area contributed by atoms with Crippen molar-refractivity contribution in [1.29, 1.82) is 0 Å². The largest absolute Gasteiger partial charge is 0.423 e. The SMILES string of the molecule is CS(=O)(=O)Nc1ccc(C(=O)Oc2ccc(N)cc2)cc1. The first-order valence-electron chi connectivity index (χ1n) is 5.99. The third-order valence-electron chi connectivity index (χ3n) is 2.51. The molecule has 6 nitrogen and oxygen atoms in total. The van der Waals surface area contributed by atoms with Crippen LogP contribution in [0.4, 0.5) is 11.4 Å². The van der Waals surface area contributed by atoms with E-state index in [2.05, 4.69) is 4.72 Å². The summed E-state index contributed by atoms with van der Waals surface area (Å²) in [4.78, 5) is 11.9. The van der Waals surface area contributed by atoms with E-state index in [-0.39, 0.29) is 0 Å². The molecule has 0 bridgehead atoms. The van der Waals surface area contributed by atoms with Crippen LogP contribution in [-0.2, 0) is 10.0 Å². The first-order chi connectivity index (χ1) is 9.83. The second-order valence-corrected chi connectivity index (χ2v) is 6.16. The monoisotopic (exact) mass is 306 g/mol. The van der Waals surface area contributed by atoms with Crippen molar-refractivity contribution >= 4 is 27.4 Å². The van der Waals surface area contributed by atoms with Crippen LogP contribution in [0.15, 0.2) is 48.5 Å². The number of sulfonamides is 1. The van der Waals surface area contributed by atoms with E-state index in [1.54, 1.807) is 24.3 Å². The van der Waals surface area contributed by atoms with Crippen LogP contribution in [0.2, 0.25) is 0 Å². The lowest BCUT2D eigenvalue weighted by Gasteiger charge is -2.06. The average Bonchev–Trinajstić information content (AvgIpc) is 2.40. The summed E-state index contributed by atoms with van der Waals surface area (Å²) >= 11 is 0. The topological polar surface area (TPSA) is 98.5 Å². The number of benzene rings is 2. The maximum absolute atomic E-state index is 11.9. The van der Waals surface area contributed by atoms with Gasteiger partial charge in [-0.2, -0.15) is 0 Å². The van der Waals surface area contributed by atoms with Crippen molar-refractivity contribution in [1.82, 2.24) is 0 Å². The van der Waals surface area contributed by atoms with Gasteiger partial charge < -0.3 is 10.5 Å². The van der Waals surface area contributed by atoms with Crippen molar-refractivity contribution in [3.05, 3.63) is 54.1 Å². The van der Waals surface area contributed by atoms with Gasteiger partial charge in [0.15, 0.2) is 0 Å². The number of hydrogen-bond acceptors (Lipinski definition) is 5. The molecule has 0 radical (unpaired) electrons. The average molecular weight is 306 g/mol. The van der Waals surface area contributed by atoms with Crippen molar-refractivity contribution in [2.75, 3.05) is 16.7 Å². The van der Waals surface area contributed by atoms with Gasteiger partial charge in [-0.05, 0) is 48.5 Å². The maximum atomic E-state index is 11.9. The zero-order valence-corrected chi connectivity index (χ0v) is 12.1. The van der Waals surface area contributed by atoms with Crippen LogP contribution in [-0.4, -0.2) is 20.6 Å². The lowest BCUT2D eigenvalue weighted by atomic mass is 10.2. The Labute approximate surface area is 122 Å². The van der Waals surface area contributed by atoms with Gasteiger partial charge in [0.2, 0.25) is 10.0 Å². The highest BCUT2D eigenvalue weighted by Crippen LogP contribution is 2.16. The molecule has 0 aromatic heterocycles. The van der Waals surface area contributed by atoms with Crippen molar-refractivity contribution in [3.8, 4) is 5.75 Å². The van der Waals surface area contributed by atoms with Crippen LogP contribution in [0, 0.1) is 0 Å². The Morgan fingerprint density at radius 2 is 1.62 bits per heavy atom. The molecule has 2 aromatic rings. The molecular weight excluding hydrogens is 292 g/mol. The summed E-state index contributed by atoms with van der Waals surface area (Å²) in [5, 5.41) is 0. The highest BCUT2D eigenvalue weighted by Gasteiger charge is 2.09. The third kappa shape index (κ3) is 4.50. The number of esters is 1. The summed E-state index contributed by atoms with van der Waals surface area (Å²) in [6, 6.07) is 12.4. The quantitative estimate of drug-likeness (QED) is 0.510. The fourth-order valence-electron chi connectivity index (χ4n) is 1.59. The lowest BCUT2D eigenvalue weighted by molar-refractivity contribution is 0.0735. The van der Waals surface area contributed by atoms with E-state index in [9.17, 15) is 13.2 Å². The first-order valence-corrected chi connectivity index (χ1v) is 7.88. The van der Waals surface area contributed by atoms with Gasteiger partial charge >= 0.3 is 5.97 Å². The summed E-state index contributed by atoms with van der Waals surface area (Å²) in [5.74, 6) is -0.154. The van der Waals surface area contributed by atoms with E-state index >= 15 is 0 Å². The molecule has 0 saturated heterocycles. The Morgan fingerprint density at radius 1 is 1.05 bits per heavy atom. The van der Waals surface area contributed by atoms with E-state index in [0.29, 0.717) is 22.7 Å². The summed E-state index contributed by atoms with van der Waals surface area (Å²) in [6.07, 6.45) is 1.05. The molecule has 0 aliphatic heterocycles. The third-order valence-corrected chi connectivity index (χ3v) is 3.12. The zero-order valence-electron chi connectivity index (χ0n) is 11.2. The summed E-state index contributed by atoms with van der Waals surface area (Å²) in [7, 11) is -3.34. The molecule has 0 heterocycles. The van der Waals surface area contributed by atoms with Crippen molar-refractivity contribution in [2.24, 2.45) is 0 Å². The van der Waals surface area contributed by atoms with Gasteiger partial charge in [-0.3, -0.25) is 4.72 Å². The minimum absolute atomic E-state index is 0.311. The Morgan fingerprint density at radius 3 is 2.14 bits per heavy atom. The molecule has 0 unspecified atom stereocenters. The molecule has 0 aliphatic rings. The van der Waals surface area contributed by atoms with Crippen molar-refractivity contribution in [3.63, 3.8) is 0 Å². The van der Waals surface area contributed by atoms with Crippen molar-refractivity contribution < 1.29 is 17.9 Å². The molecule has 2 aromatic carbocycles. The van der Waals surface area contributed by atoms with Gasteiger partial charge in [-0.1, -0.05) is 0 Å². The van der Waals surface area contributed by atoms with Crippen LogP contribution in [0.5, 0.6) is 5.75 Å². The molecule has 3 N–H and O–H groups in total. The predicted molar refractivity (Wildman–Crippen MR) is 80.7 cm³/mol. The zero-order chi connectivity index (χ0) is 15.5.